The third-order valence-electron chi connectivity index (χ3n) is 3.22. The van der Waals surface area contributed by atoms with Crippen molar-refractivity contribution in [3.63, 3.8) is 0 Å². The lowest BCUT2D eigenvalue weighted by Gasteiger charge is -2.36. The fraction of sp³-hybridized carbons (Fsp3) is 0.583. The van der Waals surface area contributed by atoms with Crippen LogP contribution < -0.4 is 16.6 Å². The van der Waals surface area contributed by atoms with Crippen molar-refractivity contribution in [3.05, 3.63) is 22.2 Å². The van der Waals surface area contributed by atoms with Gasteiger partial charge >= 0.3 is 0 Å². The van der Waals surface area contributed by atoms with Gasteiger partial charge in [-0.3, -0.25) is 10.1 Å². The van der Waals surface area contributed by atoms with E-state index in [9.17, 15) is 10.1 Å². The highest BCUT2D eigenvalue weighted by Crippen LogP contribution is 2.27. The number of nitro groups is 1. The predicted molar refractivity (Wildman–Crippen MR) is 75.4 cm³/mol. The zero-order valence-corrected chi connectivity index (χ0v) is 11.5. The summed E-state index contributed by atoms with van der Waals surface area (Å²) >= 11 is 0. The number of hydrogen-bond donors (Lipinski definition) is 3. The lowest BCUT2D eigenvalue weighted by Crippen LogP contribution is -2.40. The van der Waals surface area contributed by atoms with Gasteiger partial charge in [-0.15, -0.1) is 0 Å². The van der Waals surface area contributed by atoms with Gasteiger partial charge in [-0.25, -0.2) is 10.8 Å². The second-order valence-corrected chi connectivity index (χ2v) is 5.44. The standard InChI is InChI=1S/C12H19N5O3/c1-12(2)7-8(3-4-20-12)14-10-5-9(17(18)19)6-11(15-10)16-13/h5-6,8H,3-4,7,13H2,1-2H3,(H2,14,15,16). The maximum atomic E-state index is 10.9. The molecule has 1 aliphatic heterocycles. The van der Waals surface area contributed by atoms with Crippen LogP contribution in [-0.2, 0) is 4.74 Å². The Morgan fingerprint density at radius 1 is 1.50 bits per heavy atom. The van der Waals surface area contributed by atoms with Gasteiger partial charge < -0.3 is 15.5 Å². The van der Waals surface area contributed by atoms with Crippen molar-refractivity contribution in [2.45, 2.75) is 38.3 Å². The molecular formula is C12H19N5O3. The zero-order valence-electron chi connectivity index (χ0n) is 11.5. The average molecular weight is 281 g/mol. The molecule has 1 saturated heterocycles. The van der Waals surface area contributed by atoms with Gasteiger partial charge in [-0.2, -0.15) is 0 Å². The molecule has 1 aromatic heterocycles. The molecule has 0 aliphatic carbocycles. The molecule has 0 spiro atoms. The topological polar surface area (TPSA) is 115 Å². The molecule has 1 aliphatic rings. The molecule has 0 saturated carbocycles. The molecule has 1 fully saturated rings. The smallest absolute Gasteiger partial charge is 0.276 e. The van der Waals surface area contributed by atoms with Crippen molar-refractivity contribution in [1.29, 1.82) is 0 Å². The first-order chi connectivity index (χ1) is 9.39. The Labute approximate surface area is 116 Å². The quantitative estimate of drug-likeness (QED) is 0.436. The highest BCUT2D eigenvalue weighted by atomic mass is 16.6. The van der Waals surface area contributed by atoms with Gasteiger partial charge in [0.2, 0.25) is 0 Å². The number of nitrogens with two attached hydrogens (primary N) is 1. The molecule has 110 valence electrons. The molecule has 0 bridgehead atoms. The number of aromatic nitrogens is 1. The van der Waals surface area contributed by atoms with E-state index < -0.39 is 4.92 Å². The first-order valence-corrected chi connectivity index (χ1v) is 6.43. The zero-order chi connectivity index (χ0) is 14.8. The largest absolute Gasteiger partial charge is 0.375 e. The maximum absolute atomic E-state index is 10.9. The highest BCUT2D eigenvalue weighted by molar-refractivity contribution is 5.54. The molecule has 2 rings (SSSR count). The van der Waals surface area contributed by atoms with E-state index in [2.05, 4.69) is 15.7 Å². The van der Waals surface area contributed by atoms with Gasteiger partial charge in [0.25, 0.3) is 5.69 Å². The first-order valence-electron chi connectivity index (χ1n) is 6.43. The summed E-state index contributed by atoms with van der Waals surface area (Å²) in [5, 5.41) is 14.1. The van der Waals surface area contributed by atoms with E-state index in [1.807, 2.05) is 13.8 Å². The van der Waals surface area contributed by atoms with E-state index in [1.165, 1.54) is 12.1 Å². The van der Waals surface area contributed by atoms with Crippen LogP contribution in [0.25, 0.3) is 0 Å². The van der Waals surface area contributed by atoms with Gasteiger partial charge in [0.15, 0.2) is 0 Å². The Morgan fingerprint density at radius 2 is 2.20 bits per heavy atom. The van der Waals surface area contributed by atoms with Gasteiger partial charge in [0, 0.05) is 12.6 Å². The van der Waals surface area contributed by atoms with Gasteiger partial charge in [-0.05, 0) is 26.7 Å². The van der Waals surface area contributed by atoms with Crippen LogP contribution in [0.1, 0.15) is 26.7 Å². The molecule has 4 N–H and O–H groups in total. The molecule has 8 heteroatoms. The number of pyridine rings is 1. The van der Waals surface area contributed by atoms with Crippen LogP contribution in [0.5, 0.6) is 0 Å². The fourth-order valence-electron chi connectivity index (χ4n) is 2.33. The van der Waals surface area contributed by atoms with Gasteiger partial charge in [0.05, 0.1) is 22.7 Å². The Bertz CT molecular complexity index is 506. The minimum atomic E-state index is -0.471. The predicted octanol–water partition coefficient (Wildman–Crippen LogP) is 1.64. The summed E-state index contributed by atoms with van der Waals surface area (Å²) < 4.78 is 5.64. The molecule has 1 aromatic rings. The number of nitrogens with one attached hydrogen (secondary N) is 2. The monoisotopic (exact) mass is 281 g/mol. The summed E-state index contributed by atoms with van der Waals surface area (Å²) in [6.07, 6.45) is 1.64. The van der Waals surface area contributed by atoms with Crippen molar-refractivity contribution in [2.75, 3.05) is 17.3 Å². The van der Waals surface area contributed by atoms with Crippen LogP contribution in [-0.4, -0.2) is 28.2 Å². The van der Waals surface area contributed by atoms with Crippen molar-refractivity contribution in [1.82, 2.24) is 4.98 Å². The van der Waals surface area contributed by atoms with Crippen LogP contribution >= 0.6 is 0 Å². The van der Waals surface area contributed by atoms with Crippen LogP contribution in [0.3, 0.4) is 0 Å². The molecule has 2 heterocycles. The van der Waals surface area contributed by atoms with E-state index in [0.29, 0.717) is 12.4 Å². The van der Waals surface area contributed by atoms with Gasteiger partial charge in [0.1, 0.15) is 11.6 Å². The molecule has 1 atom stereocenters. The molecular weight excluding hydrogens is 262 g/mol. The van der Waals surface area contributed by atoms with Crippen molar-refractivity contribution in [3.8, 4) is 0 Å². The minimum Gasteiger partial charge on any atom is -0.375 e. The number of hydrogen-bond acceptors (Lipinski definition) is 7. The lowest BCUT2D eigenvalue weighted by atomic mass is 9.94. The fourth-order valence-corrected chi connectivity index (χ4v) is 2.33. The van der Waals surface area contributed by atoms with E-state index in [-0.39, 0.29) is 23.1 Å². The van der Waals surface area contributed by atoms with Crippen molar-refractivity contribution < 1.29 is 9.66 Å². The SMILES string of the molecule is CC1(C)CC(Nc2cc([N+](=O)[O-])cc(NN)n2)CCO1. The number of anilines is 2. The number of nitrogen functional groups attached to an aromatic ring is 1. The summed E-state index contributed by atoms with van der Waals surface area (Å²) in [7, 11) is 0. The van der Waals surface area contributed by atoms with Crippen molar-refractivity contribution in [2.24, 2.45) is 5.84 Å². The maximum Gasteiger partial charge on any atom is 0.276 e. The Hall–Kier alpha value is -1.93. The molecule has 20 heavy (non-hydrogen) atoms. The molecule has 0 radical (unpaired) electrons. The van der Waals surface area contributed by atoms with Crippen LogP contribution in [0.15, 0.2) is 12.1 Å². The molecule has 8 nitrogen and oxygen atoms in total. The van der Waals surface area contributed by atoms with Crippen LogP contribution in [0.4, 0.5) is 17.3 Å². The second kappa shape index (κ2) is 5.59. The summed E-state index contributed by atoms with van der Waals surface area (Å²) in [5.41, 5.74) is 2.08. The van der Waals surface area contributed by atoms with E-state index in [0.717, 1.165) is 12.8 Å². The summed E-state index contributed by atoms with van der Waals surface area (Å²) in [4.78, 5) is 14.6. The molecule has 0 amide bonds. The Balaban J connectivity index is 2.16. The summed E-state index contributed by atoms with van der Waals surface area (Å²) in [6, 6.07) is 2.86. The Morgan fingerprint density at radius 3 is 2.80 bits per heavy atom. The number of rotatable bonds is 4. The number of ether oxygens (including phenoxy) is 1. The first kappa shape index (κ1) is 14.5. The minimum absolute atomic E-state index is 0.0539. The van der Waals surface area contributed by atoms with Crippen molar-refractivity contribution >= 4 is 17.3 Å². The third-order valence-corrected chi connectivity index (χ3v) is 3.22. The highest BCUT2D eigenvalue weighted by Gasteiger charge is 2.29. The lowest BCUT2D eigenvalue weighted by molar-refractivity contribution is -0.384. The Kier molecular flexibility index (Phi) is 4.05. The van der Waals surface area contributed by atoms with Gasteiger partial charge in [-0.1, -0.05) is 0 Å². The van der Waals surface area contributed by atoms with E-state index in [1.54, 1.807) is 0 Å². The summed E-state index contributed by atoms with van der Waals surface area (Å²) in [5.74, 6) is 5.98. The van der Waals surface area contributed by atoms with Crippen LogP contribution in [0, 0.1) is 10.1 Å². The van der Waals surface area contributed by atoms with E-state index in [4.69, 9.17) is 10.6 Å². The molecule has 0 aromatic carbocycles. The molecule has 1 unspecified atom stereocenters. The average Bonchev–Trinajstić information content (AvgIpc) is 2.37. The van der Waals surface area contributed by atoms with E-state index >= 15 is 0 Å². The second-order valence-electron chi connectivity index (χ2n) is 5.44. The number of hydrazine groups is 1. The number of nitrogens with zero attached hydrogens (tertiary/aromatic N) is 2. The third kappa shape index (κ3) is 3.55. The summed E-state index contributed by atoms with van der Waals surface area (Å²) in [6.45, 7) is 4.70. The van der Waals surface area contributed by atoms with Crippen LogP contribution in [0.2, 0.25) is 0 Å². The normalized spacial score (nSPS) is 21.2.